The van der Waals surface area contributed by atoms with Crippen LogP contribution in [-0.2, 0) is 4.74 Å². The van der Waals surface area contributed by atoms with Crippen LogP contribution in [0.2, 0.25) is 0 Å². The fourth-order valence-corrected chi connectivity index (χ4v) is 1.20. The molecule has 0 aliphatic rings. The second-order valence-corrected chi connectivity index (χ2v) is 3.52. The van der Waals surface area contributed by atoms with Crippen LogP contribution in [-0.4, -0.2) is 26.0 Å². The number of hydrogen-bond acceptors (Lipinski definition) is 3. The van der Waals surface area contributed by atoms with Crippen LogP contribution in [0.15, 0.2) is 18.2 Å². The van der Waals surface area contributed by atoms with E-state index in [-0.39, 0.29) is 5.69 Å². The maximum atomic E-state index is 11.8. The van der Waals surface area contributed by atoms with Crippen molar-refractivity contribution in [3.63, 3.8) is 0 Å². The van der Waals surface area contributed by atoms with Gasteiger partial charge in [-0.3, -0.25) is 5.32 Å². The summed E-state index contributed by atoms with van der Waals surface area (Å²) in [6, 6.07) is 4.84. The van der Waals surface area contributed by atoms with E-state index in [4.69, 9.17) is 4.74 Å². The monoisotopic (exact) mass is 263 g/mol. The minimum Gasteiger partial charge on any atom is -0.495 e. The lowest BCUT2D eigenvalue weighted by molar-refractivity contribution is -0.159. The number of anilines is 1. The first kappa shape index (κ1) is 14.1. The molecule has 0 unspecified atom stereocenters. The zero-order chi connectivity index (χ0) is 13.8. The molecule has 1 aromatic rings. The second-order valence-electron chi connectivity index (χ2n) is 3.52. The van der Waals surface area contributed by atoms with Gasteiger partial charge in [0.15, 0.2) is 6.61 Å². The molecule has 0 aliphatic heterocycles. The van der Waals surface area contributed by atoms with Crippen LogP contribution >= 0.6 is 0 Å². The molecule has 0 fully saturated rings. The number of alkyl halides is 3. The summed E-state index contributed by atoms with van der Waals surface area (Å²) in [6.07, 6.45) is -5.73. The van der Waals surface area contributed by atoms with Gasteiger partial charge in [-0.05, 0) is 24.6 Å². The molecular formula is C11H12F3NO3. The van der Waals surface area contributed by atoms with E-state index in [1.54, 1.807) is 12.1 Å². The topological polar surface area (TPSA) is 47.6 Å². The molecule has 1 aromatic carbocycles. The number of methoxy groups -OCH3 is 1. The quantitative estimate of drug-likeness (QED) is 0.911. The minimum absolute atomic E-state index is 0.246. The molecule has 18 heavy (non-hydrogen) atoms. The first-order chi connectivity index (χ1) is 8.31. The Hall–Kier alpha value is -1.92. The number of ether oxygens (including phenoxy) is 2. The highest BCUT2D eigenvalue weighted by Gasteiger charge is 2.29. The summed E-state index contributed by atoms with van der Waals surface area (Å²) in [4.78, 5) is 11.1. The number of hydrogen-bond donors (Lipinski definition) is 1. The zero-order valence-corrected chi connectivity index (χ0v) is 9.80. The molecule has 1 rings (SSSR count). The van der Waals surface area contributed by atoms with Crippen LogP contribution in [0.3, 0.4) is 0 Å². The Balaban J connectivity index is 2.64. The molecule has 0 bridgehead atoms. The van der Waals surface area contributed by atoms with Crippen LogP contribution < -0.4 is 10.1 Å². The number of amides is 1. The number of benzene rings is 1. The molecule has 0 saturated carbocycles. The number of aryl methyl sites for hydroxylation is 1. The molecule has 0 atom stereocenters. The van der Waals surface area contributed by atoms with Crippen LogP contribution in [0.4, 0.5) is 23.7 Å². The van der Waals surface area contributed by atoms with Gasteiger partial charge in [-0.2, -0.15) is 13.2 Å². The van der Waals surface area contributed by atoms with E-state index < -0.39 is 18.9 Å². The molecule has 0 radical (unpaired) electrons. The molecule has 100 valence electrons. The molecule has 0 spiro atoms. The average molecular weight is 263 g/mol. The normalized spacial score (nSPS) is 10.9. The third-order valence-corrected chi connectivity index (χ3v) is 1.96. The van der Waals surface area contributed by atoms with E-state index in [2.05, 4.69) is 10.1 Å². The predicted octanol–water partition coefficient (Wildman–Crippen LogP) is 3.11. The van der Waals surface area contributed by atoms with E-state index >= 15 is 0 Å². The Morgan fingerprint density at radius 3 is 2.61 bits per heavy atom. The van der Waals surface area contributed by atoms with Crippen molar-refractivity contribution < 1.29 is 27.4 Å². The highest BCUT2D eigenvalue weighted by Crippen LogP contribution is 2.25. The smallest absolute Gasteiger partial charge is 0.422 e. The molecule has 4 nitrogen and oxygen atoms in total. The van der Waals surface area contributed by atoms with Crippen molar-refractivity contribution in [3.8, 4) is 5.75 Å². The van der Waals surface area contributed by atoms with E-state index in [0.717, 1.165) is 5.56 Å². The summed E-state index contributed by atoms with van der Waals surface area (Å²) in [5, 5.41) is 2.18. The summed E-state index contributed by atoms with van der Waals surface area (Å²) in [5.41, 5.74) is 1.14. The largest absolute Gasteiger partial charge is 0.495 e. The van der Waals surface area contributed by atoms with E-state index in [1.165, 1.54) is 13.2 Å². The molecule has 1 amide bonds. The fourth-order valence-electron chi connectivity index (χ4n) is 1.20. The van der Waals surface area contributed by atoms with Gasteiger partial charge in [-0.25, -0.2) is 4.79 Å². The van der Waals surface area contributed by atoms with Gasteiger partial charge in [-0.15, -0.1) is 0 Å². The highest BCUT2D eigenvalue weighted by atomic mass is 19.4. The maximum Gasteiger partial charge on any atom is 0.422 e. The average Bonchev–Trinajstić information content (AvgIpc) is 2.28. The van der Waals surface area contributed by atoms with Crippen LogP contribution in [0.25, 0.3) is 0 Å². The third-order valence-electron chi connectivity index (χ3n) is 1.96. The van der Waals surface area contributed by atoms with Gasteiger partial charge in [0.1, 0.15) is 5.75 Å². The lowest BCUT2D eigenvalue weighted by Crippen LogP contribution is -2.23. The van der Waals surface area contributed by atoms with Crippen molar-refractivity contribution in [2.45, 2.75) is 13.1 Å². The van der Waals surface area contributed by atoms with Crippen LogP contribution in [0.1, 0.15) is 5.56 Å². The van der Waals surface area contributed by atoms with E-state index in [9.17, 15) is 18.0 Å². The predicted molar refractivity (Wildman–Crippen MR) is 58.8 cm³/mol. The Morgan fingerprint density at radius 1 is 1.39 bits per heavy atom. The van der Waals surface area contributed by atoms with Crippen molar-refractivity contribution in [1.29, 1.82) is 0 Å². The van der Waals surface area contributed by atoms with Crippen molar-refractivity contribution in [3.05, 3.63) is 23.8 Å². The van der Waals surface area contributed by atoms with Gasteiger partial charge in [0.25, 0.3) is 0 Å². The summed E-state index contributed by atoms with van der Waals surface area (Å²) in [5.74, 6) is 0.346. The van der Waals surface area contributed by atoms with Gasteiger partial charge in [0.05, 0.1) is 12.8 Å². The highest BCUT2D eigenvalue weighted by molar-refractivity contribution is 5.86. The molecule has 0 aliphatic carbocycles. The van der Waals surface area contributed by atoms with Gasteiger partial charge >= 0.3 is 12.3 Å². The molecule has 7 heteroatoms. The lowest BCUT2D eigenvalue weighted by atomic mass is 10.2. The van der Waals surface area contributed by atoms with Crippen molar-refractivity contribution >= 4 is 11.8 Å². The number of carbonyl (C=O) groups excluding carboxylic acids is 1. The maximum absolute atomic E-state index is 11.8. The summed E-state index contributed by atoms with van der Waals surface area (Å²) >= 11 is 0. The van der Waals surface area contributed by atoms with Crippen molar-refractivity contribution in [2.24, 2.45) is 0 Å². The third kappa shape index (κ3) is 4.52. The minimum atomic E-state index is -4.55. The Kier molecular flexibility index (Phi) is 4.41. The van der Waals surface area contributed by atoms with E-state index in [1.807, 2.05) is 6.92 Å². The number of halogens is 3. The number of carbonyl (C=O) groups is 1. The fraction of sp³-hybridized carbons (Fsp3) is 0.364. The zero-order valence-electron chi connectivity index (χ0n) is 9.80. The van der Waals surface area contributed by atoms with Crippen molar-refractivity contribution in [2.75, 3.05) is 19.0 Å². The Labute approximate surface area is 102 Å². The summed E-state index contributed by atoms with van der Waals surface area (Å²) < 4.78 is 44.5. The second kappa shape index (κ2) is 5.61. The molecule has 0 heterocycles. The van der Waals surface area contributed by atoms with Crippen LogP contribution in [0.5, 0.6) is 5.75 Å². The molecular weight excluding hydrogens is 251 g/mol. The lowest BCUT2D eigenvalue weighted by Gasteiger charge is -2.12. The first-order valence-electron chi connectivity index (χ1n) is 4.97. The summed E-state index contributed by atoms with van der Waals surface area (Å²) in [6.45, 7) is 0.182. The van der Waals surface area contributed by atoms with Crippen LogP contribution in [0, 0.1) is 6.92 Å². The van der Waals surface area contributed by atoms with Gasteiger partial charge < -0.3 is 9.47 Å². The van der Waals surface area contributed by atoms with Gasteiger partial charge in [-0.1, -0.05) is 6.07 Å². The summed E-state index contributed by atoms with van der Waals surface area (Å²) in [7, 11) is 1.39. The van der Waals surface area contributed by atoms with Gasteiger partial charge in [0, 0.05) is 0 Å². The van der Waals surface area contributed by atoms with Gasteiger partial charge in [0.2, 0.25) is 0 Å². The van der Waals surface area contributed by atoms with E-state index in [0.29, 0.717) is 5.75 Å². The first-order valence-corrected chi connectivity index (χ1v) is 4.97. The molecule has 0 saturated heterocycles. The Morgan fingerprint density at radius 2 is 2.06 bits per heavy atom. The SMILES string of the molecule is COc1cc(C)ccc1NC(=O)OCC(F)(F)F. The number of rotatable bonds is 3. The standard InChI is InChI=1S/C11H12F3NO3/c1-7-3-4-8(9(5-7)17-2)15-10(16)18-6-11(12,13)14/h3-5H,6H2,1-2H3,(H,15,16). The molecule has 0 aromatic heterocycles. The van der Waals surface area contributed by atoms with Crippen molar-refractivity contribution in [1.82, 2.24) is 0 Å². The number of nitrogens with one attached hydrogen (secondary N) is 1. The molecule has 1 N–H and O–H groups in total. The Bertz CT molecular complexity index is 432.